The Bertz CT molecular complexity index is 1010. The maximum atomic E-state index is 12.3. The molecular formula is C20H24N7O4+. The molecule has 0 radical (unpaired) electrons. The molecule has 0 saturated carbocycles. The van der Waals surface area contributed by atoms with E-state index in [-0.39, 0.29) is 24.4 Å². The van der Waals surface area contributed by atoms with Gasteiger partial charge in [0, 0.05) is 24.8 Å². The van der Waals surface area contributed by atoms with Gasteiger partial charge in [-0.2, -0.15) is 5.43 Å². The molecule has 2 heterocycles. The number of carbonyl (C=O) groups is 2. The van der Waals surface area contributed by atoms with Gasteiger partial charge in [-0.3, -0.25) is 9.69 Å². The number of aliphatic hydroxyl groups excluding tert-OH is 1. The lowest BCUT2D eigenvalue weighted by atomic mass is 10.0. The quantitative estimate of drug-likeness (QED) is 0.171. The zero-order valence-corrected chi connectivity index (χ0v) is 17.2. The third-order valence-corrected chi connectivity index (χ3v) is 4.68. The molecule has 0 aliphatic carbocycles. The number of amides is 2. The van der Waals surface area contributed by atoms with Crippen molar-refractivity contribution in [1.29, 1.82) is 5.53 Å². The van der Waals surface area contributed by atoms with E-state index in [1.807, 2.05) is 31.2 Å². The fourth-order valence-electron chi connectivity index (χ4n) is 3.12. The van der Waals surface area contributed by atoms with Gasteiger partial charge in [0.1, 0.15) is 12.7 Å². The number of cyclic esters (lactones) is 1. The van der Waals surface area contributed by atoms with Gasteiger partial charge in [-0.25, -0.2) is 15.3 Å². The molecule has 5 N–H and O–H groups in total. The molecule has 31 heavy (non-hydrogen) atoms. The first kappa shape index (κ1) is 22.0. The molecule has 11 heteroatoms. The van der Waals surface area contributed by atoms with E-state index in [1.54, 1.807) is 17.2 Å². The summed E-state index contributed by atoms with van der Waals surface area (Å²) in [5.41, 5.74) is 11.8. The summed E-state index contributed by atoms with van der Waals surface area (Å²) in [6.07, 6.45) is 0.870. The molecule has 1 aliphatic rings. The number of carbonyl (C=O) groups excluding carboxylic acids is 2. The molecule has 1 atom stereocenters. The molecule has 2 amide bonds. The van der Waals surface area contributed by atoms with Crippen LogP contribution in [0.1, 0.15) is 12.5 Å². The first-order valence-electron chi connectivity index (χ1n) is 9.59. The highest BCUT2D eigenvalue weighted by atomic mass is 16.6. The number of hydrogen-bond donors (Lipinski definition) is 4. The predicted octanol–water partition coefficient (Wildman–Crippen LogP) is 1.05. The molecule has 162 valence electrons. The monoisotopic (exact) mass is 426 g/mol. The Morgan fingerprint density at radius 3 is 2.77 bits per heavy atom. The van der Waals surface area contributed by atoms with E-state index in [1.165, 1.54) is 12.3 Å². The molecule has 1 saturated heterocycles. The lowest BCUT2D eigenvalue weighted by Crippen LogP contribution is -2.72. The second kappa shape index (κ2) is 9.87. The zero-order valence-electron chi connectivity index (χ0n) is 17.2. The lowest BCUT2D eigenvalue weighted by Gasteiger charge is -2.17. The minimum Gasteiger partial charge on any atom is -0.442 e. The summed E-state index contributed by atoms with van der Waals surface area (Å²) in [5, 5.41) is 18.6. The number of hydrogen-bond acceptors (Lipinski definition) is 7. The first-order chi connectivity index (χ1) is 14.9. The van der Waals surface area contributed by atoms with Crippen molar-refractivity contribution in [2.24, 2.45) is 10.2 Å². The molecule has 0 unspecified atom stereocenters. The molecular weight excluding hydrogens is 402 g/mol. The number of pyridine rings is 1. The fraction of sp³-hybridized carbons (Fsp3) is 0.300. The van der Waals surface area contributed by atoms with Crippen molar-refractivity contribution >= 4 is 29.3 Å². The predicted molar refractivity (Wildman–Crippen MR) is 112 cm³/mol. The van der Waals surface area contributed by atoms with Crippen molar-refractivity contribution < 1.29 is 24.9 Å². The summed E-state index contributed by atoms with van der Waals surface area (Å²) in [6, 6.07) is 9.38. The number of nitrogens with zero attached hydrogens (tertiary/aromatic N) is 4. The maximum absolute atomic E-state index is 12.3. The summed E-state index contributed by atoms with van der Waals surface area (Å²) >= 11 is 0. The van der Waals surface area contributed by atoms with Crippen LogP contribution in [-0.4, -0.2) is 53.7 Å². The Balaban J connectivity index is 1.71. The number of nitrogens with two attached hydrogens (primary N) is 1. The number of anilines is 1. The van der Waals surface area contributed by atoms with Gasteiger partial charge in [-0.1, -0.05) is 11.2 Å². The second-order valence-electron chi connectivity index (χ2n) is 6.97. The van der Waals surface area contributed by atoms with Crippen LogP contribution in [0.25, 0.3) is 11.1 Å². The van der Waals surface area contributed by atoms with Gasteiger partial charge in [0.05, 0.1) is 18.8 Å². The Labute approximate surface area is 178 Å². The van der Waals surface area contributed by atoms with Crippen LogP contribution < -0.4 is 15.6 Å². The number of nitrogens with one attached hydrogen (secondary N) is 2. The van der Waals surface area contributed by atoms with E-state index in [0.29, 0.717) is 12.4 Å². The summed E-state index contributed by atoms with van der Waals surface area (Å²) in [7, 11) is 0. The maximum Gasteiger partial charge on any atom is 0.414 e. The Kier molecular flexibility index (Phi) is 7.00. The van der Waals surface area contributed by atoms with Gasteiger partial charge in [0.15, 0.2) is 0 Å². The van der Waals surface area contributed by atoms with Crippen LogP contribution in [0.3, 0.4) is 0 Å². The highest BCUT2D eigenvalue weighted by Gasteiger charge is 2.33. The third-order valence-electron chi connectivity index (χ3n) is 4.68. The number of ether oxygens (including phenoxy) is 1. The lowest BCUT2D eigenvalue weighted by molar-refractivity contribution is -0.581. The standard InChI is InChI=1S/C20H23N7O4/c1-12-7-14(15-4-6-18(23-8-15)25-26-19(11-28)24-21)3-5-17(12)27-10-16(31-20(27)30)9-22-13(2)29/h3-8,16,21,28H,9-11H2,1-2H3,(H,22,29)(H,23,25)/p+1/b24-21?,26-19-/t16-/m0/s1. The highest BCUT2D eigenvalue weighted by Crippen LogP contribution is 2.29. The van der Waals surface area contributed by atoms with Crippen LogP contribution in [0, 0.1) is 12.5 Å². The van der Waals surface area contributed by atoms with Crippen molar-refractivity contribution in [1.82, 2.24) is 10.3 Å². The zero-order chi connectivity index (χ0) is 22.4. The van der Waals surface area contributed by atoms with E-state index in [0.717, 1.165) is 22.4 Å². The van der Waals surface area contributed by atoms with Crippen molar-refractivity contribution in [3.05, 3.63) is 42.1 Å². The van der Waals surface area contributed by atoms with E-state index < -0.39 is 12.7 Å². The molecule has 1 aliphatic heterocycles. The minimum absolute atomic E-state index is 0.00292. The molecule has 1 aromatic carbocycles. The number of aliphatic hydroxyl groups is 1. The van der Waals surface area contributed by atoms with Gasteiger partial charge in [-0.05, 0) is 36.2 Å². The van der Waals surface area contributed by atoms with Crippen LogP contribution in [0.5, 0.6) is 0 Å². The summed E-state index contributed by atoms with van der Waals surface area (Å²) in [4.78, 5) is 29.2. The molecule has 1 aromatic heterocycles. The van der Waals surface area contributed by atoms with Crippen LogP contribution >= 0.6 is 0 Å². The average Bonchev–Trinajstić information content (AvgIpc) is 3.13. The number of aromatic nitrogens is 1. The molecule has 0 bridgehead atoms. The molecule has 1 fully saturated rings. The summed E-state index contributed by atoms with van der Waals surface area (Å²) in [5.74, 6) is 0.396. The van der Waals surface area contributed by atoms with Crippen LogP contribution in [0.4, 0.5) is 16.3 Å². The number of quaternary nitrogens is 1. The van der Waals surface area contributed by atoms with Crippen molar-refractivity contribution in [3.63, 3.8) is 0 Å². The topological polar surface area (TPSA) is 157 Å². The van der Waals surface area contributed by atoms with Crippen molar-refractivity contribution in [3.8, 4) is 11.1 Å². The van der Waals surface area contributed by atoms with Gasteiger partial charge in [-0.15, -0.1) is 5.11 Å². The molecule has 3 rings (SSSR count). The largest absolute Gasteiger partial charge is 0.442 e. The van der Waals surface area contributed by atoms with Gasteiger partial charge in [0.2, 0.25) is 11.7 Å². The Morgan fingerprint density at radius 1 is 1.39 bits per heavy atom. The fourth-order valence-corrected chi connectivity index (χ4v) is 3.12. The van der Waals surface area contributed by atoms with E-state index >= 15 is 0 Å². The van der Waals surface area contributed by atoms with Crippen LogP contribution in [0.15, 0.2) is 46.7 Å². The summed E-state index contributed by atoms with van der Waals surface area (Å²) in [6.45, 7) is 3.57. The first-order valence-corrected chi connectivity index (χ1v) is 9.59. The van der Waals surface area contributed by atoms with E-state index in [9.17, 15) is 9.59 Å². The van der Waals surface area contributed by atoms with Gasteiger partial charge < -0.3 is 15.2 Å². The van der Waals surface area contributed by atoms with Crippen LogP contribution in [0.2, 0.25) is 0 Å². The minimum atomic E-state index is -0.435. The van der Waals surface area contributed by atoms with Gasteiger partial charge in [0.25, 0.3) is 5.82 Å². The molecule has 11 nitrogen and oxygen atoms in total. The highest BCUT2D eigenvalue weighted by molar-refractivity contribution is 5.91. The Hall–Kier alpha value is -3.70. The Morgan fingerprint density at radius 2 is 2.16 bits per heavy atom. The van der Waals surface area contributed by atoms with Crippen molar-refractivity contribution in [2.75, 3.05) is 24.6 Å². The number of rotatable bonds is 7. The normalized spacial score (nSPS) is 16.2. The van der Waals surface area contributed by atoms with Crippen molar-refractivity contribution in [2.45, 2.75) is 20.0 Å². The number of amidine groups is 1. The SMILES string of the molecule is CC(=O)NC[C@H]1CN(c2ccc(-c3ccc([NH2+]/N=C(/CO)N=N)nc3)cc2C)C(=O)O1. The number of aryl methyl sites for hydroxylation is 1. The second-order valence-corrected chi connectivity index (χ2v) is 6.97. The smallest absolute Gasteiger partial charge is 0.414 e. The van der Waals surface area contributed by atoms with E-state index in [4.69, 9.17) is 15.4 Å². The molecule has 2 aromatic rings. The third kappa shape index (κ3) is 5.47. The van der Waals surface area contributed by atoms with E-state index in [2.05, 4.69) is 20.5 Å². The summed E-state index contributed by atoms with van der Waals surface area (Å²) < 4.78 is 5.33. The average molecular weight is 426 g/mol. The van der Waals surface area contributed by atoms with Crippen LogP contribution in [-0.2, 0) is 9.53 Å². The molecule has 0 spiro atoms. The van der Waals surface area contributed by atoms with Gasteiger partial charge >= 0.3 is 6.09 Å². The number of benzene rings is 1.